The van der Waals surface area contributed by atoms with Crippen LogP contribution in [0.15, 0.2) is 4.52 Å². The van der Waals surface area contributed by atoms with E-state index in [2.05, 4.69) is 20.8 Å². The third kappa shape index (κ3) is 5.47. The highest BCUT2D eigenvalue weighted by atomic mass is 16.5. The second kappa shape index (κ2) is 7.47. The lowest BCUT2D eigenvalue weighted by molar-refractivity contribution is -0.125. The van der Waals surface area contributed by atoms with Crippen LogP contribution in [0.25, 0.3) is 0 Å². The van der Waals surface area contributed by atoms with Crippen molar-refractivity contribution in [1.82, 2.24) is 20.8 Å². The van der Waals surface area contributed by atoms with Gasteiger partial charge in [0.1, 0.15) is 6.04 Å². The second-order valence-electron chi connectivity index (χ2n) is 3.99. The summed E-state index contributed by atoms with van der Waals surface area (Å²) in [6, 6.07) is -0.412. The van der Waals surface area contributed by atoms with E-state index in [1.165, 1.54) is 6.92 Å². The monoisotopic (exact) mass is 270 g/mol. The van der Waals surface area contributed by atoms with E-state index in [4.69, 9.17) is 9.26 Å². The fraction of sp³-hybridized carbons (Fsp3) is 0.636. The van der Waals surface area contributed by atoms with Crippen molar-refractivity contribution >= 4 is 11.8 Å². The van der Waals surface area contributed by atoms with Crippen molar-refractivity contribution in [2.75, 3.05) is 20.3 Å². The van der Waals surface area contributed by atoms with Crippen molar-refractivity contribution in [2.24, 2.45) is 0 Å². The van der Waals surface area contributed by atoms with Gasteiger partial charge < -0.3 is 19.9 Å². The number of aromatic nitrogens is 2. The molecule has 19 heavy (non-hydrogen) atoms. The summed E-state index contributed by atoms with van der Waals surface area (Å²) in [5.74, 6) is 0.267. The lowest BCUT2D eigenvalue weighted by Gasteiger charge is -2.09. The first-order valence-electron chi connectivity index (χ1n) is 5.88. The van der Waals surface area contributed by atoms with Crippen LogP contribution in [0.1, 0.15) is 31.6 Å². The molecule has 0 spiro atoms. The number of rotatable bonds is 7. The minimum absolute atomic E-state index is 0.0790. The SMILES string of the molecule is COCCc1noc(C(C)NC(=O)CNC(C)=O)n1. The fourth-order valence-corrected chi connectivity index (χ4v) is 1.30. The number of hydrogen-bond acceptors (Lipinski definition) is 6. The van der Waals surface area contributed by atoms with Crippen LogP contribution >= 0.6 is 0 Å². The molecule has 0 saturated heterocycles. The molecule has 1 unspecified atom stereocenters. The molecule has 0 bridgehead atoms. The first-order valence-corrected chi connectivity index (χ1v) is 5.88. The summed E-state index contributed by atoms with van der Waals surface area (Å²) < 4.78 is 9.93. The predicted molar refractivity (Wildman–Crippen MR) is 65.1 cm³/mol. The zero-order valence-electron chi connectivity index (χ0n) is 11.2. The Morgan fingerprint density at radius 1 is 1.47 bits per heavy atom. The maximum absolute atomic E-state index is 11.5. The fourth-order valence-electron chi connectivity index (χ4n) is 1.30. The zero-order chi connectivity index (χ0) is 14.3. The van der Waals surface area contributed by atoms with Crippen LogP contribution in [-0.2, 0) is 20.7 Å². The molecular weight excluding hydrogens is 252 g/mol. The summed E-state index contributed by atoms with van der Waals surface area (Å²) in [5, 5.41) is 8.81. The molecule has 1 heterocycles. The van der Waals surface area contributed by atoms with Crippen molar-refractivity contribution in [3.05, 3.63) is 11.7 Å². The maximum atomic E-state index is 11.5. The van der Waals surface area contributed by atoms with Gasteiger partial charge in [0.25, 0.3) is 0 Å². The molecule has 1 aromatic heterocycles. The minimum atomic E-state index is -0.412. The summed E-state index contributed by atoms with van der Waals surface area (Å²) in [6.45, 7) is 3.49. The number of carbonyl (C=O) groups is 2. The number of hydrogen-bond donors (Lipinski definition) is 2. The van der Waals surface area contributed by atoms with Gasteiger partial charge >= 0.3 is 0 Å². The lowest BCUT2D eigenvalue weighted by Crippen LogP contribution is -2.37. The molecule has 0 aliphatic carbocycles. The Morgan fingerprint density at radius 2 is 2.21 bits per heavy atom. The molecule has 1 aromatic rings. The molecule has 0 aliphatic heterocycles. The van der Waals surface area contributed by atoms with E-state index in [0.29, 0.717) is 24.7 Å². The molecule has 0 aliphatic rings. The third-order valence-corrected chi connectivity index (χ3v) is 2.26. The Morgan fingerprint density at radius 3 is 2.84 bits per heavy atom. The summed E-state index contributed by atoms with van der Waals surface area (Å²) in [7, 11) is 1.59. The average molecular weight is 270 g/mol. The summed E-state index contributed by atoms with van der Waals surface area (Å²) in [5.41, 5.74) is 0. The molecule has 0 saturated carbocycles. The molecule has 0 aromatic carbocycles. The number of amides is 2. The molecule has 2 N–H and O–H groups in total. The van der Waals surface area contributed by atoms with Crippen molar-refractivity contribution < 1.29 is 18.8 Å². The Labute approximate surface area is 110 Å². The van der Waals surface area contributed by atoms with Crippen LogP contribution in [0, 0.1) is 0 Å². The highest BCUT2D eigenvalue weighted by Gasteiger charge is 2.16. The molecule has 0 radical (unpaired) electrons. The van der Waals surface area contributed by atoms with Gasteiger partial charge in [-0.1, -0.05) is 5.16 Å². The van der Waals surface area contributed by atoms with Gasteiger partial charge in [0.2, 0.25) is 17.7 Å². The Kier molecular flexibility index (Phi) is 5.94. The van der Waals surface area contributed by atoms with Crippen LogP contribution in [0.4, 0.5) is 0 Å². The number of nitrogens with one attached hydrogen (secondary N) is 2. The van der Waals surface area contributed by atoms with Crippen LogP contribution < -0.4 is 10.6 Å². The van der Waals surface area contributed by atoms with E-state index in [9.17, 15) is 9.59 Å². The average Bonchev–Trinajstić information content (AvgIpc) is 2.82. The van der Waals surface area contributed by atoms with E-state index in [1.54, 1.807) is 14.0 Å². The van der Waals surface area contributed by atoms with Crippen molar-refractivity contribution in [3.8, 4) is 0 Å². The first-order chi connectivity index (χ1) is 9.02. The van der Waals surface area contributed by atoms with Gasteiger partial charge in [0, 0.05) is 20.5 Å². The first kappa shape index (κ1) is 15.1. The van der Waals surface area contributed by atoms with Gasteiger partial charge in [0.15, 0.2) is 5.82 Å². The highest BCUT2D eigenvalue weighted by Crippen LogP contribution is 2.09. The molecule has 1 rings (SSSR count). The smallest absolute Gasteiger partial charge is 0.248 e. The summed E-state index contributed by atoms with van der Waals surface area (Å²) >= 11 is 0. The van der Waals surface area contributed by atoms with Gasteiger partial charge in [0.05, 0.1) is 13.2 Å². The van der Waals surface area contributed by atoms with Crippen LogP contribution in [0.2, 0.25) is 0 Å². The van der Waals surface area contributed by atoms with Gasteiger partial charge in [-0.15, -0.1) is 0 Å². The van der Waals surface area contributed by atoms with Crippen molar-refractivity contribution in [3.63, 3.8) is 0 Å². The standard InChI is InChI=1S/C11H18N4O4/c1-7(13-10(17)6-12-8(2)16)11-14-9(15-19-11)4-5-18-3/h7H,4-6H2,1-3H3,(H,12,16)(H,13,17). The number of carbonyl (C=O) groups excluding carboxylic acids is 2. The minimum Gasteiger partial charge on any atom is -0.384 e. The van der Waals surface area contributed by atoms with E-state index >= 15 is 0 Å². The highest BCUT2D eigenvalue weighted by molar-refractivity contribution is 5.83. The number of nitrogens with zero attached hydrogens (tertiary/aromatic N) is 2. The molecule has 8 heteroatoms. The van der Waals surface area contributed by atoms with E-state index in [1.807, 2.05) is 0 Å². The molecule has 106 valence electrons. The van der Waals surface area contributed by atoms with Crippen LogP contribution in [0.3, 0.4) is 0 Å². The van der Waals surface area contributed by atoms with E-state index in [-0.39, 0.29) is 18.4 Å². The lowest BCUT2D eigenvalue weighted by atomic mass is 10.3. The van der Waals surface area contributed by atoms with Gasteiger partial charge in [-0.25, -0.2) is 0 Å². The quantitative estimate of drug-likeness (QED) is 0.696. The Hall–Kier alpha value is -1.96. The maximum Gasteiger partial charge on any atom is 0.248 e. The zero-order valence-corrected chi connectivity index (χ0v) is 11.2. The Bertz CT molecular complexity index is 432. The van der Waals surface area contributed by atoms with Crippen molar-refractivity contribution in [1.29, 1.82) is 0 Å². The summed E-state index contributed by atoms with van der Waals surface area (Å²) in [6.07, 6.45) is 0.548. The number of methoxy groups -OCH3 is 1. The third-order valence-electron chi connectivity index (χ3n) is 2.26. The van der Waals surface area contributed by atoms with E-state index in [0.717, 1.165) is 0 Å². The van der Waals surface area contributed by atoms with Gasteiger partial charge in [-0.2, -0.15) is 4.98 Å². The molecule has 0 fully saturated rings. The molecule has 8 nitrogen and oxygen atoms in total. The van der Waals surface area contributed by atoms with Gasteiger partial charge in [-0.05, 0) is 6.92 Å². The second-order valence-corrected chi connectivity index (χ2v) is 3.99. The van der Waals surface area contributed by atoms with Gasteiger partial charge in [-0.3, -0.25) is 9.59 Å². The summed E-state index contributed by atoms with van der Waals surface area (Å²) in [4.78, 5) is 26.3. The Balaban J connectivity index is 2.44. The number of ether oxygens (including phenoxy) is 1. The van der Waals surface area contributed by atoms with Crippen molar-refractivity contribution in [2.45, 2.75) is 26.3 Å². The molecular formula is C11H18N4O4. The van der Waals surface area contributed by atoms with Crippen LogP contribution in [-0.4, -0.2) is 42.2 Å². The largest absolute Gasteiger partial charge is 0.384 e. The topological polar surface area (TPSA) is 106 Å². The molecule has 2 amide bonds. The normalized spacial score (nSPS) is 11.9. The molecule has 1 atom stereocenters. The van der Waals surface area contributed by atoms with E-state index < -0.39 is 6.04 Å². The van der Waals surface area contributed by atoms with Crippen LogP contribution in [0.5, 0.6) is 0 Å². The predicted octanol–water partition coefficient (Wildman–Crippen LogP) is -0.428.